The zero-order chi connectivity index (χ0) is 22.0. The fourth-order valence-corrected chi connectivity index (χ4v) is 3.58. The van der Waals surface area contributed by atoms with Crippen molar-refractivity contribution in [3.8, 4) is 5.75 Å². The molecule has 0 radical (unpaired) electrons. The van der Waals surface area contributed by atoms with E-state index in [2.05, 4.69) is 10.4 Å². The first-order valence-electron chi connectivity index (χ1n) is 9.71. The summed E-state index contributed by atoms with van der Waals surface area (Å²) in [5, 5.41) is 0.674. The molecule has 7 heteroatoms. The Morgan fingerprint density at radius 1 is 1.00 bits per heavy atom. The van der Waals surface area contributed by atoms with Crippen LogP contribution in [0.5, 0.6) is 5.75 Å². The number of fused-ring (bicyclic) bond motifs is 1. The molecule has 6 nitrogen and oxygen atoms in total. The van der Waals surface area contributed by atoms with Gasteiger partial charge in [-0.2, -0.15) is 4.68 Å². The van der Waals surface area contributed by atoms with Crippen molar-refractivity contribution in [1.29, 1.82) is 0 Å². The number of carbonyl (C=O) groups is 1. The number of nitrogens with one attached hydrogen (secondary N) is 1. The van der Waals surface area contributed by atoms with Crippen molar-refractivity contribution in [2.24, 2.45) is 0 Å². The summed E-state index contributed by atoms with van der Waals surface area (Å²) in [5.74, 6) is 0.471. The lowest BCUT2D eigenvalue weighted by molar-refractivity contribution is 0.100. The second kappa shape index (κ2) is 8.62. The molecule has 0 aliphatic heterocycles. The third kappa shape index (κ3) is 4.15. The molecule has 0 bridgehead atoms. The predicted octanol–water partition coefficient (Wildman–Crippen LogP) is 4.63. The highest BCUT2D eigenvalue weighted by molar-refractivity contribution is 6.34. The minimum absolute atomic E-state index is 0.00539. The molecule has 0 saturated carbocycles. The summed E-state index contributed by atoms with van der Waals surface area (Å²) in [6.45, 7) is 3.89. The highest BCUT2D eigenvalue weighted by atomic mass is 35.5. The fourth-order valence-electron chi connectivity index (χ4n) is 3.36. The molecule has 1 heterocycles. The lowest BCUT2D eigenvalue weighted by atomic mass is 10.1. The van der Waals surface area contributed by atoms with E-state index in [1.165, 1.54) is 0 Å². The zero-order valence-corrected chi connectivity index (χ0v) is 17.8. The van der Waals surface area contributed by atoms with E-state index in [1.807, 2.05) is 32.0 Å². The van der Waals surface area contributed by atoms with E-state index >= 15 is 0 Å². The number of hydrogen-bond acceptors (Lipinski definition) is 4. The molecule has 31 heavy (non-hydrogen) atoms. The number of amides is 1. The number of carbonyl (C=O) groups excluding carboxylic acids is 1. The standard InChI is InChI=1S/C24H20ClN3O3/c1-15-8-7-9-16(2)22(15)31-14-21-26-20-13-6-4-11-18(20)24(30)28(21)27-23(29)17-10-3-5-12-19(17)25/h3-13H,14H2,1-2H3,(H,27,29). The number of ether oxygens (including phenoxy) is 1. The summed E-state index contributed by atoms with van der Waals surface area (Å²) in [7, 11) is 0. The van der Waals surface area contributed by atoms with Gasteiger partial charge in [0.1, 0.15) is 12.4 Å². The number of benzene rings is 3. The number of nitrogens with zero attached hydrogens (tertiary/aromatic N) is 2. The maximum Gasteiger partial charge on any atom is 0.280 e. The van der Waals surface area contributed by atoms with E-state index in [-0.39, 0.29) is 23.0 Å². The molecule has 1 N–H and O–H groups in total. The van der Waals surface area contributed by atoms with Crippen molar-refractivity contribution >= 4 is 28.4 Å². The maximum absolute atomic E-state index is 13.2. The third-order valence-electron chi connectivity index (χ3n) is 4.93. The lowest BCUT2D eigenvalue weighted by Crippen LogP contribution is -2.37. The number of rotatable bonds is 5. The van der Waals surface area contributed by atoms with Gasteiger partial charge in [0.05, 0.1) is 21.5 Å². The Labute approximate surface area is 184 Å². The molecule has 4 aromatic rings. The monoisotopic (exact) mass is 433 g/mol. The molecule has 1 aromatic heterocycles. The van der Waals surface area contributed by atoms with Gasteiger partial charge < -0.3 is 4.74 Å². The summed E-state index contributed by atoms with van der Waals surface area (Å²) in [4.78, 5) is 30.6. The Morgan fingerprint density at radius 2 is 1.68 bits per heavy atom. The molecule has 0 aliphatic rings. The first-order valence-corrected chi connectivity index (χ1v) is 10.1. The van der Waals surface area contributed by atoms with Gasteiger partial charge in [-0.3, -0.25) is 15.0 Å². The fraction of sp³-hybridized carbons (Fsp3) is 0.125. The van der Waals surface area contributed by atoms with Crippen LogP contribution in [0.25, 0.3) is 10.9 Å². The molecule has 1 amide bonds. The van der Waals surface area contributed by atoms with Crippen molar-refractivity contribution in [2.75, 3.05) is 5.43 Å². The van der Waals surface area contributed by atoms with Gasteiger partial charge in [0.15, 0.2) is 5.82 Å². The Bertz CT molecular complexity index is 1330. The minimum atomic E-state index is -0.516. The highest BCUT2D eigenvalue weighted by Crippen LogP contribution is 2.23. The van der Waals surface area contributed by atoms with Crippen molar-refractivity contribution in [3.63, 3.8) is 0 Å². The third-order valence-corrected chi connectivity index (χ3v) is 5.26. The van der Waals surface area contributed by atoms with Gasteiger partial charge in [0.2, 0.25) is 0 Å². The summed E-state index contributed by atoms with van der Waals surface area (Å²) >= 11 is 6.15. The van der Waals surface area contributed by atoms with Crippen LogP contribution in [0.15, 0.2) is 71.5 Å². The van der Waals surface area contributed by atoms with Gasteiger partial charge in [0, 0.05) is 0 Å². The van der Waals surface area contributed by atoms with Crippen LogP contribution >= 0.6 is 11.6 Å². The summed E-state index contributed by atoms with van der Waals surface area (Å²) in [6.07, 6.45) is 0. The SMILES string of the molecule is Cc1cccc(C)c1OCc1nc2ccccc2c(=O)n1NC(=O)c1ccccc1Cl. The summed E-state index contributed by atoms with van der Waals surface area (Å²) in [6, 6.07) is 19.4. The van der Waals surface area contributed by atoms with Crippen LogP contribution in [0.3, 0.4) is 0 Å². The van der Waals surface area contributed by atoms with E-state index in [1.54, 1.807) is 48.5 Å². The van der Waals surface area contributed by atoms with Crippen LogP contribution in [-0.4, -0.2) is 15.6 Å². The molecular formula is C24H20ClN3O3. The van der Waals surface area contributed by atoms with Crippen LogP contribution in [0.1, 0.15) is 27.3 Å². The average Bonchev–Trinajstić information content (AvgIpc) is 2.76. The van der Waals surface area contributed by atoms with Crippen LogP contribution in [-0.2, 0) is 6.61 Å². The van der Waals surface area contributed by atoms with E-state index in [9.17, 15) is 9.59 Å². The first kappa shape index (κ1) is 20.6. The number of para-hydroxylation sites is 2. The molecule has 4 rings (SSSR count). The van der Waals surface area contributed by atoms with Gasteiger partial charge in [-0.15, -0.1) is 0 Å². The molecule has 3 aromatic carbocycles. The highest BCUT2D eigenvalue weighted by Gasteiger charge is 2.17. The summed E-state index contributed by atoms with van der Waals surface area (Å²) < 4.78 is 7.14. The zero-order valence-electron chi connectivity index (χ0n) is 17.1. The van der Waals surface area contributed by atoms with Gasteiger partial charge >= 0.3 is 0 Å². The molecule has 0 atom stereocenters. The number of halogens is 1. The molecule has 0 fully saturated rings. The van der Waals surface area contributed by atoms with Gasteiger partial charge in [-0.1, -0.05) is 54.1 Å². The number of aryl methyl sites for hydroxylation is 2. The van der Waals surface area contributed by atoms with E-state index in [4.69, 9.17) is 16.3 Å². The largest absolute Gasteiger partial charge is 0.485 e. The van der Waals surface area contributed by atoms with Crippen LogP contribution < -0.4 is 15.7 Å². The normalized spacial score (nSPS) is 10.8. The average molecular weight is 434 g/mol. The van der Waals surface area contributed by atoms with E-state index in [0.29, 0.717) is 16.7 Å². The minimum Gasteiger partial charge on any atom is -0.485 e. The van der Waals surface area contributed by atoms with Gasteiger partial charge in [-0.25, -0.2) is 4.98 Å². The van der Waals surface area contributed by atoms with E-state index in [0.717, 1.165) is 15.8 Å². The first-order chi connectivity index (χ1) is 15.0. The smallest absolute Gasteiger partial charge is 0.280 e. The van der Waals surface area contributed by atoms with Crippen molar-refractivity contribution in [1.82, 2.24) is 9.66 Å². The maximum atomic E-state index is 13.2. The molecule has 156 valence electrons. The van der Waals surface area contributed by atoms with Crippen LogP contribution in [0.4, 0.5) is 0 Å². The Hall–Kier alpha value is -3.64. The molecule has 0 saturated heterocycles. The lowest BCUT2D eigenvalue weighted by Gasteiger charge is -2.17. The topological polar surface area (TPSA) is 73.2 Å². The van der Waals surface area contributed by atoms with Crippen LogP contribution in [0.2, 0.25) is 5.02 Å². The number of hydrogen-bond donors (Lipinski definition) is 1. The Balaban J connectivity index is 1.76. The predicted molar refractivity (Wildman–Crippen MR) is 121 cm³/mol. The molecular weight excluding hydrogens is 414 g/mol. The molecule has 0 aliphatic carbocycles. The Kier molecular flexibility index (Phi) is 5.73. The second-order valence-electron chi connectivity index (χ2n) is 7.12. The van der Waals surface area contributed by atoms with Crippen molar-refractivity contribution in [2.45, 2.75) is 20.5 Å². The quantitative estimate of drug-likeness (QED) is 0.498. The molecule has 0 unspecified atom stereocenters. The Morgan fingerprint density at radius 3 is 2.42 bits per heavy atom. The van der Waals surface area contributed by atoms with Gasteiger partial charge in [-0.05, 0) is 49.2 Å². The summed E-state index contributed by atoms with van der Waals surface area (Å²) in [5.41, 5.74) is 4.95. The second-order valence-corrected chi connectivity index (χ2v) is 7.52. The van der Waals surface area contributed by atoms with Crippen molar-refractivity contribution in [3.05, 3.63) is 105 Å². The van der Waals surface area contributed by atoms with Crippen LogP contribution in [0, 0.1) is 13.8 Å². The number of aromatic nitrogens is 2. The van der Waals surface area contributed by atoms with E-state index < -0.39 is 11.5 Å². The van der Waals surface area contributed by atoms with Gasteiger partial charge in [0.25, 0.3) is 11.5 Å². The van der Waals surface area contributed by atoms with Crippen molar-refractivity contribution < 1.29 is 9.53 Å². The molecule has 0 spiro atoms.